The fraction of sp³-hybridized carbons (Fsp3) is 0.0968. The SMILES string of the molecule is C/C=C\c1c(CC)cccc1B(c1cccc2ccccc12)c1cccc2ccccc12. The molecule has 0 radical (unpaired) electrons. The molecule has 0 saturated carbocycles. The molecule has 0 fully saturated rings. The number of hydrogen-bond donors (Lipinski definition) is 0. The van der Waals surface area contributed by atoms with E-state index >= 15 is 0 Å². The van der Waals surface area contributed by atoms with Gasteiger partial charge in [-0.05, 0) is 46.0 Å². The highest BCUT2D eigenvalue weighted by molar-refractivity contribution is 6.98. The molecule has 0 atom stereocenters. The van der Waals surface area contributed by atoms with Crippen molar-refractivity contribution in [1.29, 1.82) is 0 Å². The van der Waals surface area contributed by atoms with Crippen molar-refractivity contribution in [2.24, 2.45) is 0 Å². The van der Waals surface area contributed by atoms with Gasteiger partial charge in [-0.15, -0.1) is 0 Å². The highest BCUT2D eigenvalue weighted by Gasteiger charge is 2.27. The molecule has 0 heterocycles. The van der Waals surface area contributed by atoms with Crippen molar-refractivity contribution in [3.05, 3.63) is 120 Å². The Morgan fingerprint density at radius 2 is 1.09 bits per heavy atom. The molecular weight excluding hydrogens is 383 g/mol. The van der Waals surface area contributed by atoms with Gasteiger partial charge in [-0.2, -0.15) is 0 Å². The molecule has 0 unspecified atom stereocenters. The zero-order chi connectivity index (χ0) is 21.9. The van der Waals surface area contributed by atoms with E-state index in [-0.39, 0.29) is 6.71 Å². The van der Waals surface area contributed by atoms with Gasteiger partial charge in [0.05, 0.1) is 0 Å². The minimum absolute atomic E-state index is 0.143. The van der Waals surface area contributed by atoms with E-state index in [0.717, 1.165) is 6.42 Å². The predicted octanol–water partition coefficient (Wildman–Crippen LogP) is 6.10. The third-order valence-electron chi connectivity index (χ3n) is 6.52. The third-order valence-corrected chi connectivity index (χ3v) is 6.52. The molecule has 0 aliphatic heterocycles. The lowest BCUT2D eigenvalue weighted by Gasteiger charge is -2.23. The van der Waals surface area contributed by atoms with Crippen LogP contribution in [0.1, 0.15) is 25.0 Å². The van der Waals surface area contributed by atoms with E-state index < -0.39 is 0 Å². The van der Waals surface area contributed by atoms with Crippen molar-refractivity contribution in [1.82, 2.24) is 0 Å². The summed E-state index contributed by atoms with van der Waals surface area (Å²) in [4.78, 5) is 0. The molecule has 5 aromatic carbocycles. The summed E-state index contributed by atoms with van der Waals surface area (Å²) < 4.78 is 0. The number of rotatable bonds is 5. The van der Waals surface area contributed by atoms with Crippen molar-refractivity contribution >= 4 is 50.7 Å². The molecule has 0 bridgehead atoms. The maximum absolute atomic E-state index is 2.32. The van der Waals surface area contributed by atoms with Crippen LogP contribution in [-0.4, -0.2) is 6.71 Å². The smallest absolute Gasteiger partial charge is 0.0871 e. The Kier molecular flexibility index (Phi) is 5.65. The zero-order valence-electron chi connectivity index (χ0n) is 18.8. The summed E-state index contributed by atoms with van der Waals surface area (Å²) >= 11 is 0. The number of aryl methyl sites for hydroxylation is 1. The van der Waals surface area contributed by atoms with Crippen molar-refractivity contribution < 1.29 is 0 Å². The summed E-state index contributed by atoms with van der Waals surface area (Å²) in [6.45, 7) is 4.50. The second-order valence-electron chi connectivity index (χ2n) is 8.34. The maximum atomic E-state index is 2.32. The van der Waals surface area contributed by atoms with Crippen LogP contribution < -0.4 is 16.4 Å². The standard InChI is InChI=1S/C31H27B/c1-3-12-26-23(4-2)15-9-20-29(26)32(30-21-10-16-24-13-5-7-18-27(24)30)31-22-11-17-25-14-6-8-19-28(25)31/h3,5-22H,4H2,1-2H3/b12-3-. The highest BCUT2D eigenvalue weighted by Crippen LogP contribution is 2.18. The summed E-state index contributed by atoms with van der Waals surface area (Å²) in [5.41, 5.74) is 6.83. The van der Waals surface area contributed by atoms with Crippen molar-refractivity contribution in [3.63, 3.8) is 0 Å². The van der Waals surface area contributed by atoms with Crippen LogP contribution in [0, 0.1) is 0 Å². The molecular formula is C31H27B. The number of benzene rings is 5. The quantitative estimate of drug-likeness (QED) is 0.307. The van der Waals surface area contributed by atoms with E-state index in [9.17, 15) is 0 Å². The Morgan fingerprint density at radius 1 is 0.594 bits per heavy atom. The van der Waals surface area contributed by atoms with E-state index in [1.54, 1.807) is 0 Å². The van der Waals surface area contributed by atoms with E-state index in [4.69, 9.17) is 0 Å². The molecule has 0 saturated heterocycles. The van der Waals surface area contributed by atoms with Crippen molar-refractivity contribution in [3.8, 4) is 0 Å². The molecule has 0 nitrogen and oxygen atoms in total. The molecule has 5 aromatic rings. The first kappa shape index (κ1) is 20.3. The predicted molar refractivity (Wildman–Crippen MR) is 143 cm³/mol. The monoisotopic (exact) mass is 410 g/mol. The molecule has 5 rings (SSSR count). The zero-order valence-corrected chi connectivity index (χ0v) is 18.8. The maximum Gasteiger partial charge on any atom is 0.243 e. The van der Waals surface area contributed by atoms with Gasteiger partial charge in [-0.1, -0.05) is 139 Å². The van der Waals surface area contributed by atoms with Gasteiger partial charge in [0, 0.05) is 0 Å². The summed E-state index contributed by atoms with van der Waals surface area (Å²) in [6, 6.07) is 37.8. The molecule has 32 heavy (non-hydrogen) atoms. The largest absolute Gasteiger partial charge is 0.243 e. The van der Waals surface area contributed by atoms with E-state index in [0.29, 0.717) is 0 Å². The Hall–Kier alpha value is -3.58. The topological polar surface area (TPSA) is 0 Å². The van der Waals surface area contributed by atoms with Crippen molar-refractivity contribution in [2.75, 3.05) is 0 Å². The van der Waals surface area contributed by atoms with Crippen molar-refractivity contribution in [2.45, 2.75) is 20.3 Å². The van der Waals surface area contributed by atoms with Crippen LogP contribution in [0.2, 0.25) is 0 Å². The minimum atomic E-state index is 0.143. The van der Waals surface area contributed by atoms with Crippen LogP contribution in [-0.2, 0) is 6.42 Å². The average molecular weight is 410 g/mol. The molecule has 0 aliphatic carbocycles. The third kappa shape index (κ3) is 3.54. The Labute approximate surface area is 191 Å². The lowest BCUT2D eigenvalue weighted by molar-refractivity contribution is 1.14. The van der Waals surface area contributed by atoms with Gasteiger partial charge >= 0.3 is 0 Å². The number of allylic oxidation sites excluding steroid dienone is 1. The Bertz CT molecular complexity index is 1340. The second-order valence-corrected chi connectivity index (χ2v) is 8.34. The van der Waals surface area contributed by atoms with Crippen LogP contribution in [0.25, 0.3) is 27.6 Å². The van der Waals surface area contributed by atoms with Crippen LogP contribution in [0.15, 0.2) is 109 Å². The number of hydrogen-bond acceptors (Lipinski definition) is 0. The molecule has 0 spiro atoms. The van der Waals surface area contributed by atoms with Crippen LogP contribution in [0.5, 0.6) is 0 Å². The van der Waals surface area contributed by atoms with Gasteiger partial charge in [-0.3, -0.25) is 0 Å². The molecule has 0 aliphatic rings. The highest BCUT2D eigenvalue weighted by atomic mass is 14.1. The van der Waals surface area contributed by atoms with Crippen LogP contribution in [0.3, 0.4) is 0 Å². The summed E-state index contributed by atoms with van der Waals surface area (Å²) in [6.07, 6.45) is 5.48. The minimum Gasteiger partial charge on any atom is -0.0871 e. The Balaban J connectivity index is 1.90. The van der Waals surface area contributed by atoms with Crippen LogP contribution >= 0.6 is 0 Å². The molecule has 0 amide bonds. The summed E-state index contributed by atoms with van der Waals surface area (Å²) in [5.74, 6) is 0. The van der Waals surface area contributed by atoms with Gasteiger partial charge < -0.3 is 0 Å². The van der Waals surface area contributed by atoms with E-state index in [1.807, 2.05) is 0 Å². The van der Waals surface area contributed by atoms with Gasteiger partial charge in [0.15, 0.2) is 0 Å². The van der Waals surface area contributed by atoms with Gasteiger partial charge in [0.25, 0.3) is 0 Å². The number of fused-ring (bicyclic) bond motifs is 2. The summed E-state index contributed by atoms with van der Waals surface area (Å²) in [5, 5.41) is 5.21. The average Bonchev–Trinajstić information content (AvgIpc) is 2.85. The van der Waals surface area contributed by atoms with Crippen LogP contribution in [0.4, 0.5) is 0 Å². The fourth-order valence-electron chi connectivity index (χ4n) is 5.07. The Morgan fingerprint density at radius 3 is 1.66 bits per heavy atom. The second kappa shape index (κ2) is 8.89. The first-order chi connectivity index (χ1) is 15.8. The van der Waals surface area contributed by atoms with E-state index in [1.165, 1.54) is 49.1 Å². The normalized spacial score (nSPS) is 11.4. The molecule has 0 aromatic heterocycles. The summed E-state index contributed by atoms with van der Waals surface area (Å²) in [7, 11) is 0. The van der Waals surface area contributed by atoms with Gasteiger partial charge in [-0.25, -0.2) is 0 Å². The first-order valence-electron chi connectivity index (χ1n) is 11.5. The lowest BCUT2D eigenvalue weighted by Crippen LogP contribution is -2.53. The first-order valence-corrected chi connectivity index (χ1v) is 11.5. The lowest BCUT2D eigenvalue weighted by atomic mass is 9.35. The van der Waals surface area contributed by atoms with E-state index in [2.05, 4.69) is 129 Å². The fourth-order valence-corrected chi connectivity index (χ4v) is 5.07. The molecule has 1 heteroatoms. The van der Waals surface area contributed by atoms with Gasteiger partial charge in [0.1, 0.15) is 0 Å². The van der Waals surface area contributed by atoms with Gasteiger partial charge in [0.2, 0.25) is 6.71 Å². The molecule has 154 valence electrons. The molecule has 0 N–H and O–H groups in total.